The molecule has 0 radical (unpaired) electrons. The number of carbonyl (C=O) groups excluding carboxylic acids is 3. The Morgan fingerprint density at radius 2 is 1.67 bits per heavy atom. The third-order valence-corrected chi connectivity index (χ3v) is 5.66. The molecule has 3 rings (SSSR count). The summed E-state index contributed by atoms with van der Waals surface area (Å²) in [4.78, 5) is 37.8. The van der Waals surface area contributed by atoms with Crippen LogP contribution in [0.4, 0.5) is 0 Å². The van der Waals surface area contributed by atoms with Gasteiger partial charge in [-0.05, 0) is 43.0 Å². The lowest BCUT2D eigenvalue weighted by molar-refractivity contribution is -0.149. The monoisotopic (exact) mass is 454 g/mol. The largest absolute Gasteiger partial charge is 0.497 e. The SMILES string of the molecule is COc1ccc(C[C@H](NC(=O)[C@@H](C)NC(=O)[C@H]2C[C@@H](O)C2)C(=O)OCc2ccccc2)cc1. The fourth-order valence-electron chi connectivity index (χ4n) is 3.52. The molecule has 1 aliphatic rings. The molecule has 8 nitrogen and oxygen atoms in total. The van der Waals surface area contributed by atoms with Crippen LogP contribution in [0.5, 0.6) is 5.75 Å². The van der Waals surface area contributed by atoms with Gasteiger partial charge < -0.3 is 25.2 Å². The summed E-state index contributed by atoms with van der Waals surface area (Å²) in [5.74, 6) is -0.937. The predicted octanol–water partition coefficient (Wildman–Crippen LogP) is 1.74. The maximum Gasteiger partial charge on any atom is 0.329 e. The lowest BCUT2D eigenvalue weighted by Crippen LogP contribution is -2.53. The number of aliphatic hydroxyl groups excluding tert-OH is 1. The number of ether oxygens (including phenoxy) is 2. The zero-order chi connectivity index (χ0) is 23.8. The van der Waals surface area contributed by atoms with Crippen LogP contribution in [0.15, 0.2) is 54.6 Å². The highest BCUT2D eigenvalue weighted by Gasteiger charge is 2.34. The van der Waals surface area contributed by atoms with E-state index in [4.69, 9.17) is 9.47 Å². The van der Waals surface area contributed by atoms with Gasteiger partial charge >= 0.3 is 5.97 Å². The maximum absolute atomic E-state index is 12.8. The summed E-state index contributed by atoms with van der Waals surface area (Å²) in [5, 5.41) is 14.7. The number of nitrogens with one attached hydrogen (secondary N) is 2. The van der Waals surface area contributed by atoms with Gasteiger partial charge in [-0.25, -0.2) is 4.79 Å². The minimum absolute atomic E-state index is 0.0882. The molecule has 1 fully saturated rings. The van der Waals surface area contributed by atoms with Crippen molar-refractivity contribution in [1.82, 2.24) is 10.6 Å². The molecule has 3 N–H and O–H groups in total. The molecule has 33 heavy (non-hydrogen) atoms. The normalized spacial score (nSPS) is 18.9. The number of carbonyl (C=O) groups is 3. The highest BCUT2D eigenvalue weighted by molar-refractivity contribution is 5.91. The predicted molar refractivity (Wildman–Crippen MR) is 121 cm³/mol. The molecular weight excluding hydrogens is 424 g/mol. The molecule has 1 saturated carbocycles. The molecule has 0 aromatic heterocycles. The summed E-state index contributed by atoms with van der Waals surface area (Å²) in [6, 6.07) is 14.7. The van der Waals surface area contributed by atoms with E-state index in [2.05, 4.69) is 10.6 Å². The Hall–Kier alpha value is -3.39. The van der Waals surface area contributed by atoms with Crippen LogP contribution in [-0.2, 0) is 32.1 Å². The van der Waals surface area contributed by atoms with E-state index in [0.29, 0.717) is 18.6 Å². The van der Waals surface area contributed by atoms with E-state index >= 15 is 0 Å². The zero-order valence-corrected chi connectivity index (χ0v) is 18.8. The number of rotatable bonds is 10. The van der Waals surface area contributed by atoms with Gasteiger partial charge in [0.25, 0.3) is 0 Å². The third-order valence-electron chi connectivity index (χ3n) is 5.66. The number of esters is 1. The van der Waals surface area contributed by atoms with Gasteiger partial charge in [0.1, 0.15) is 24.4 Å². The van der Waals surface area contributed by atoms with Crippen LogP contribution in [0.2, 0.25) is 0 Å². The van der Waals surface area contributed by atoms with E-state index < -0.39 is 30.1 Å². The Balaban J connectivity index is 1.63. The minimum atomic E-state index is -0.931. The fraction of sp³-hybridized carbons (Fsp3) is 0.400. The van der Waals surface area contributed by atoms with Crippen molar-refractivity contribution in [2.75, 3.05) is 7.11 Å². The van der Waals surface area contributed by atoms with Gasteiger partial charge in [0.15, 0.2) is 0 Å². The van der Waals surface area contributed by atoms with Gasteiger partial charge in [-0.2, -0.15) is 0 Å². The molecule has 1 aliphatic carbocycles. The second-order valence-electron chi connectivity index (χ2n) is 8.26. The Bertz CT molecular complexity index is 941. The molecule has 176 valence electrons. The van der Waals surface area contributed by atoms with Crippen molar-refractivity contribution in [2.24, 2.45) is 5.92 Å². The maximum atomic E-state index is 12.8. The second-order valence-corrected chi connectivity index (χ2v) is 8.26. The van der Waals surface area contributed by atoms with Crippen molar-refractivity contribution < 1.29 is 29.0 Å². The first-order chi connectivity index (χ1) is 15.9. The van der Waals surface area contributed by atoms with Gasteiger partial charge in [0, 0.05) is 12.3 Å². The highest BCUT2D eigenvalue weighted by Crippen LogP contribution is 2.27. The summed E-state index contributed by atoms with van der Waals surface area (Å²) in [6.45, 7) is 1.65. The molecule has 2 atom stereocenters. The van der Waals surface area contributed by atoms with Gasteiger partial charge in [0.05, 0.1) is 13.2 Å². The first-order valence-electron chi connectivity index (χ1n) is 11.0. The zero-order valence-electron chi connectivity index (χ0n) is 18.8. The smallest absolute Gasteiger partial charge is 0.329 e. The minimum Gasteiger partial charge on any atom is -0.497 e. The third kappa shape index (κ3) is 7.05. The Morgan fingerprint density at radius 3 is 2.27 bits per heavy atom. The molecule has 0 aliphatic heterocycles. The van der Waals surface area contributed by atoms with Crippen LogP contribution in [0, 0.1) is 5.92 Å². The van der Waals surface area contributed by atoms with Crippen LogP contribution in [0.3, 0.4) is 0 Å². The van der Waals surface area contributed by atoms with Gasteiger partial charge in [-0.3, -0.25) is 9.59 Å². The van der Waals surface area contributed by atoms with E-state index in [1.165, 1.54) is 0 Å². The Kier molecular flexibility index (Phi) is 8.43. The first-order valence-corrected chi connectivity index (χ1v) is 11.0. The van der Waals surface area contributed by atoms with Crippen LogP contribution < -0.4 is 15.4 Å². The fourth-order valence-corrected chi connectivity index (χ4v) is 3.52. The number of hydrogen-bond acceptors (Lipinski definition) is 6. The molecule has 0 bridgehead atoms. The van der Waals surface area contributed by atoms with Crippen molar-refractivity contribution in [1.29, 1.82) is 0 Å². The summed E-state index contributed by atoms with van der Waals surface area (Å²) in [7, 11) is 1.57. The summed E-state index contributed by atoms with van der Waals surface area (Å²) < 4.78 is 10.6. The molecular formula is C25H30N2O6. The molecule has 2 aromatic rings. The Morgan fingerprint density at radius 1 is 1.00 bits per heavy atom. The number of benzene rings is 2. The quantitative estimate of drug-likeness (QED) is 0.471. The van der Waals surface area contributed by atoms with Crippen molar-refractivity contribution in [3.05, 3.63) is 65.7 Å². The van der Waals surface area contributed by atoms with Crippen molar-refractivity contribution in [3.63, 3.8) is 0 Å². The Labute approximate surface area is 193 Å². The average molecular weight is 455 g/mol. The summed E-state index contributed by atoms with van der Waals surface area (Å²) >= 11 is 0. The van der Waals surface area contributed by atoms with Crippen LogP contribution in [0.25, 0.3) is 0 Å². The topological polar surface area (TPSA) is 114 Å². The van der Waals surface area contributed by atoms with E-state index in [0.717, 1.165) is 11.1 Å². The van der Waals surface area contributed by atoms with Crippen molar-refractivity contribution in [2.45, 2.75) is 51.0 Å². The number of aliphatic hydroxyl groups is 1. The highest BCUT2D eigenvalue weighted by atomic mass is 16.5. The van der Waals surface area contributed by atoms with Crippen molar-refractivity contribution in [3.8, 4) is 5.75 Å². The lowest BCUT2D eigenvalue weighted by Gasteiger charge is -2.31. The van der Waals surface area contributed by atoms with Crippen molar-refractivity contribution >= 4 is 17.8 Å². The number of methoxy groups -OCH3 is 1. The molecule has 0 spiro atoms. The number of amides is 2. The van der Waals surface area contributed by atoms with Crippen LogP contribution in [-0.4, -0.2) is 48.2 Å². The van der Waals surface area contributed by atoms with Gasteiger partial charge in [-0.1, -0.05) is 42.5 Å². The van der Waals surface area contributed by atoms with E-state index in [1.807, 2.05) is 42.5 Å². The molecule has 2 aromatic carbocycles. The molecule has 8 heteroatoms. The molecule has 0 unspecified atom stereocenters. The average Bonchev–Trinajstić information content (AvgIpc) is 2.81. The lowest BCUT2D eigenvalue weighted by atomic mass is 9.82. The molecule has 0 heterocycles. The molecule has 0 saturated heterocycles. The summed E-state index contributed by atoms with van der Waals surface area (Å²) in [5.41, 5.74) is 1.65. The summed E-state index contributed by atoms with van der Waals surface area (Å²) in [6.07, 6.45) is 0.551. The first kappa shape index (κ1) is 24.3. The second kappa shape index (κ2) is 11.5. The van der Waals surface area contributed by atoms with Crippen LogP contribution in [0.1, 0.15) is 30.9 Å². The van der Waals surface area contributed by atoms with E-state index in [9.17, 15) is 19.5 Å². The van der Waals surface area contributed by atoms with E-state index in [1.54, 1.807) is 26.2 Å². The molecule has 2 amide bonds. The van der Waals surface area contributed by atoms with Gasteiger partial charge in [0.2, 0.25) is 11.8 Å². The van der Waals surface area contributed by atoms with Crippen LogP contribution >= 0.6 is 0 Å². The number of hydrogen-bond donors (Lipinski definition) is 3. The van der Waals surface area contributed by atoms with E-state index in [-0.39, 0.29) is 24.9 Å². The standard InChI is InChI=1S/C25H30N2O6/c1-16(26-24(30)19-13-20(28)14-19)23(29)27-22(12-17-8-10-21(32-2)11-9-17)25(31)33-15-18-6-4-3-5-7-18/h3-11,16,19-20,22,28H,12-15H2,1-2H3,(H,26,30)(H,27,29)/t16-,19-,20+,22+/m1/s1. The van der Waals surface area contributed by atoms with Gasteiger partial charge in [-0.15, -0.1) is 0 Å².